The van der Waals surface area contributed by atoms with Crippen LogP contribution in [0.1, 0.15) is 42.1 Å². The molecule has 0 unspecified atom stereocenters. The number of aryl methyl sites for hydroxylation is 1. The number of rotatable bonds is 10. The van der Waals surface area contributed by atoms with Crippen molar-refractivity contribution in [1.82, 2.24) is 9.13 Å². The summed E-state index contributed by atoms with van der Waals surface area (Å²) in [6.07, 6.45) is -13.0. The minimum Gasteiger partial charge on any atom is -0.493 e. The lowest BCUT2D eigenvalue weighted by Crippen LogP contribution is -2.17. The van der Waals surface area contributed by atoms with Crippen molar-refractivity contribution < 1.29 is 61.9 Å². The molecule has 0 amide bonds. The molecule has 0 radical (unpaired) electrons. The maximum atomic E-state index is 13.4. The number of nitrogens with zero attached hydrogens (tertiary/aromatic N) is 2. The molecule has 0 spiro atoms. The average Bonchev–Trinajstić information content (AvgIpc) is 3.63. The molecule has 0 N–H and O–H groups in total. The second-order valence-electron chi connectivity index (χ2n) is 10.3. The third-order valence-corrected chi connectivity index (χ3v) is 8.72. The molecular weight excluding hydrogens is 671 g/mol. The lowest BCUT2D eigenvalue weighted by molar-refractivity contribution is -0.143. The molecule has 0 fully saturated rings. The van der Waals surface area contributed by atoms with E-state index in [9.17, 15) is 47.9 Å². The van der Waals surface area contributed by atoms with Crippen LogP contribution >= 0.6 is 0 Å². The first-order valence-electron chi connectivity index (χ1n) is 13.8. The highest BCUT2D eigenvalue weighted by molar-refractivity contribution is 7.90. The predicted octanol–water partition coefficient (Wildman–Crippen LogP) is 8.88. The van der Waals surface area contributed by atoms with Crippen LogP contribution in [-0.2, 0) is 35.0 Å². The molecule has 0 atom stereocenters. The van der Waals surface area contributed by atoms with Crippen molar-refractivity contribution in [2.24, 2.45) is 0 Å². The summed E-state index contributed by atoms with van der Waals surface area (Å²) < 4.78 is 164. The van der Waals surface area contributed by atoms with Gasteiger partial charge in [0.05, 0.1) is 40.1 Å². The van der Waals surface area contributed by atoms with E-state index >= 15 is 0 Å². The lowest BCUT2D eigenvalue weighted by atomic mass is 10.0. The molecule has 5 aromatic rings. The Balaban J connectivity index is 1.32. The first kappa shape index (κ1) is 33.9. The van der Waals surface area contributed by atoms with Gasteiger partial charge in [-0.1, -0.05) is 24.6 Å². The average molecular weight is 695 g/mol. The van der Waals surface area contributed by atoms with E-state index in [0.29, 0.717) is 28.1 Å². The van der Waals surface area contributed by atoms with Crippen LogP contribution in [0, 0.1) is 0 Å². The van der Waals surface area contributed by atoms with Gasteiger partial charge in [0.15, 0.2) is 11.3 Å². The molecule has 5 rings (SSSR count). The number of hydrogen-bond acceptors (Lipinski definition) is 6. The Hall–Kier alpha value is -4.41. The molecule has 0 saturated heterocycles. The quantitative estimate of drug-likeness (QED) is 0.107. The Morgan fingerprint density at radius 3 is 2.02 bits per heavy atom. The summed E-state index contributed by atoms with van der Waals surface area (Å²) in [5, 5.41) is 3.20. The van der Waals surface area contributed by atoms with E-state index in [1.807, 2.05) is 6.92 Å². The summed E-state index contributed by atoms with van der Waals surface area (Å²) in [4.78, 5) is -1.21. The van der Waals surface area contributed by atoms with Gasteiger partial charge in [-0.25, -0.2) is 12.4 Å². The first-order valence-corrected chi connectivity index (χ1v) is 15.3. The molecule has 0 bridgehead atoms. The Morgan fingerprint density at radius 2 is 1.43 bits per heavy atom. The third kappa shape index (κ3) is 6.84. The zero-order valence-corrected chi connectivity index (χ0v) is 24.9. The Morgan fingerprint density at radius 1 is 0.787 bits per heavy atom. The summed E-state index contributed by atoms with van der Waals surface area (Å²) in [5.74, 6) is 0.475. The molecule has 0 aliphatic heterocycles. The second kappa shape index (κ2) is 12.3. The smallest absolute Gasteiger partial charge is 0.437 e. The van der Waals surface area contributed by atoms with E-state index < -0.39 is 50.3 Å². The molecule has 47 heavy (non-hydrogen) atoms. The van der Waals surface area contributed by atoms with E-state index in [-0.39, 0.29) is 65.5 Å². The van der Waals surface area contributed by atoms with Crippen molar-refractivity contribution in [2.75, 3.05) is 13.2 Å². The molecule has 0 aliphatic carbocycles. The van der Waals surface area contributed by atoms with E-state index in [0.717, 1.165) is 6.20 Å². The highest BCUT2D eigenvalue weighted by atomic mass is 32.2. The second-order valence-corrected chi connectivity index (χ2v) is 12.1. The van der Waals surface area contributed by atoms with Crippen LogP contribution in [0.4, 0.5) is 39.5 Å². The Bertz CT molecular complexity index is 2000. The van der Waals surface area contributed by atoms with Crippen LogP contribution in [0.15, 0.2) is 70.2 Å². The summed E-state index contributed by atoms with van der Waals surface area (Å²) >= 11 is 0. The van der Waals surface area contributed by atoms with Gasteiger partial charge in [-0.05, 0) is 55.0 Å². The molecule has 7 nitrogen and oxygen atoms in total. The zero-order valence-electron chi connectivity index (χ0n) is 24.1. The van der Waals surface area contributed by atoms with Crippen LogP contribution in [0.2, 0.25) is 0 Å². The lowest BCUT2D eigenvalue weighted by Gasteiger charge is -2.15. The largest absolute Gasteiger partial charge is 0.493 e. The highest BCUT2D eigenvalue weighted by Crippen LogP contribution is 2.40. The number of benzene rings is 3. The number of aromatic nitrogens is 2. The van der Waals surface area contributed by atoms with E-state index in [4.69, 9.17) is 14.0 Å². The summed E-state index contributed by atoms with van der Waals surface area (Å²) in [6.45, 7) is 1.91. The van der Waals surface area contributed by atoms with Crippen LogP contribution in [0.3, 0.4) is 0 Å². The SMILES string of the molecule is CCCc1c(OCCCOc2cccc3c2ccn3S(=O)(=O)c2cc(C(F)(F)F)cc(C(F)(F)F)c2)ccc2c(C(F)(F)F)noc12. The van der Waals surface area contributed by atoms with Crippen molar-refractivity contribution in [3.63, 3.8) is 0 Å². The molecule has 2 heterocycles. The molecule has 17 heteroatoms. The van der Waals surface area contributed by atoms with Crippen LogP contribution < -0.4 is 9.47 Å². The number of hydrogen-bond donors (Lipinski definition) is 0. The summed E-state index contributed by atoms with van der Waals surface area (Å²) in [5.41, 5.74) is -4.36. The van der Waals surface area contributed by atoms with Gasteiger partial charge in [0.1, 0.15) is 11.5 Å². The zero-order chi connectivity index (χ0) is 34.4. The van der Waals surface area contributed by atoms with Crippen molar-refractivity contribution in [3.8, 4) is 11.5 Å². The van der Waals surface area contributed by atoms with E-state index in [1.165, 1.54) is 36.4 Å². The Labute approximate surface area is 260 Å². The summed E-state index contributed by atoms with van der Waals surface area (Å²) in [6, 6.07) is 8.19. The van der Waals surface area contributed by atoms with Crippen LogP contribution in [0.25, 0.3) is 21.9 Å². The molecule has 3 aromatic carbocycles. The minimum absolute atomic E-state index is 0.0193. The maximum absolute atomic E-state index is 13.4. The van der Waals surface area contributed by atoms with Crippen molar-refractivity contribution in [3.05, 3.63) is 83.2 Å². The Kier molecular flexibility index (Phi) is 8.89. The van der Waals surface area contributed by atoms with E-state index in [1.54, 1.807) is 0 Å². The fourth-order valence-corrected chi connectivity index (χ4v) is 6.35. The van der Waals surface area contributed by atoms with Gasteiger partial charge in [0, 0.05) is 23.6 Å². The molecular formula is C30H23F9N2O5S. The first-order chi connectivity index (χ1) is 21.9. The van der Waals surface area contributed by atoms with Gasteiger partial charge < -0.3 is 14.0 Å². The van der Waals surface area contributed by atoms with Gasteiger partial charge in [-0.3, -0.25) is 0 Å². The van der Waals surface area contributed by atoms with Gasteiger partial charge in [0.25, 0.3) is 10.0 Å². The topological polar surface area (TPSA) is 83.6 Å². The third-order valence-electron chi connectivity index (χ3n) is 7.05. The van der Waals surface area contributed by atoms with Gasteiger partial charge >= 0.3 is 18.5 Å². The molecule has 0 saturated carbocycles. The minimum atomic E-state index is -5.24. The van der Waals surface area contributed by atoms with Gasteiger partial charge in [-0.15, -0.1) is 0 Å². The highest BCUT2D eigenvalue weighted by Gasteiger charge is 2.39. The fraction of sp³-hybridized carbons (Fsp3) is 0.300. The van der Waals surface area contributed by atoms with Crippen LogP contribution in [-0.4, -0.2) is 30.8 Å². The van der Waals surface area contributed by atoms with Gasteiger partial charge in [0.2, 0.25) is 0 Å². The standard InChI is InChI=1S/C30H23F9N2O5S/c1-2-5-21-25(9-8-22-26(21)46-40-27(22)30(37,38)39)45-13-4-12-44-24-7-3-6-23-20(24)10-11-41(23)47(42,43)19-15-17(28(31,32)33)14-18(16-19)29(34,35)36/h3,6-11,14-16H,2,4-5,12-13H2,1H3. The van der Waals surface area contributed by atoms with Crippen LogP contribution in [0.5, 0.6) is 11.5 Å². The number of fused-ring (bicyclic) bond motifs is 2. The van der Waals surface area contributed by atoms with Crippen molar-refractivity contribution >= 4 is 31.9 Å². The monoisotopic (exact) mass is 694 g/mol. The van der Waals surface area contributed by atoms with E-state index in [2.05, 4.69) is 5.16 Å². The predicted molar refractivity (Wildman–Crippen MR) is 150 cm³/mol. The number of halogens is 9. The van der Waals surface area contributed by atoms with Crippen molar-refractivity contribution in [2.45, 2.75) is 49.6 Å². The number of alkyl halides is 9. The maximum Gasteiger partial charge on any atom is 0.437 e. The molecule has 252 valence electrons. The molecule has 2 aromatic heterocycles. The normalized spacial score (nSPS) is 13.1. The van der Waals surface area contributed by atoms with Gasteiger partial charge in [-0.2, -0.15) is 39.5 Å². The molecule has 0 aliphatic rings. The fourth-order valence-electron chi connectivity index (χ4n) is 4.93. The summed E-state index contributed by atoms with van der Waals surface area (Å²) in [7, 11) is -4.93. The van der Waals surface area contributed by atoms with Crippen molar-refractivity contribution in [1.29, 1.82) is 0 Å². The number of ether oxygens (including phenoxy) is 2.